The van der Waals surface area contributed by atoms with Crippen LogP contribution in [0.3, 0.4) is 0 Å². The minimum atomic E-state index is -2.87. The molecular weight excluding hydrogens is 566 g/mol. The predicted molar refractivity (Wildman–Crippen MR) is 176 cm³/mol. The minimum Gasteiger partial charge on any atom is -0.450 e. The van der Waals surface area contributed by atoms with Gasteiger partial charge in [0.25, 0.3) is 0 Å². The summed E-state index contributed by atoms with van der Waals surface area (Å²) in [5.41, 5.74) is 6.04. The van der Waals surface area contributed by atoms with Crippen LogP contribution in [0.15, 0.2) is 59.1 Å². The largest absolute Gasteiger partial charge is 0.450 e. The SMILES string of the molecule is CC.[B]C([B])([B])N(Cc1cc(-c2cc3nc(-n4ccc(-c5cccc(C)c5)n4)cc(N4CCOCC4)c3o2)nn1C)C([B])(O)O. The lowest BCUT2D eigenvalue weighted by Crippen LogP contribution is -2.62. The van der Waals surface area contributed by atoms with Gasteiger partial charge in [-0.25, -0.2) is 9.67 Å². The number of fused-ring (bicyclic) bond motifs is 1. The molecule has 0 amide bonds. The average molecular weight is 599 g/mol. The Morgan fingerprint density at radius 3 is 2.36 bits per heavy atom. The molecule has 0 saturated carbocycles. The molecule has 1 saturated heterocycles. The highest BCUT2D eigenvalue weighted by atomic mass is 16.5. The zero-order valence-corrected chi connectivity index (χ0v) is 25.9. The van der Waals surface area contributed by atoms with Crippen molar-refractivity contribution in [2.75, 3.05) is 31.2 Å². The zero-order valence-electron chi connectivity index (χ0n) is 25.9. The second kappa shape index (κ2) is 12.9. The van der Waals surface area contributed by atoms with Crippen LogP contribution in [0.4, 0.5) is 5.69 Å². The van der Waals surface area contributed by atoms with Gasteiger partial charge in [0.2, 0.25) is 0 Å². The average Bonchev–Trinajstić information content (AvgIpc) is 3.74. The highest BCUT2D eigenvalue weighted by Crippen LogP contribution is 2.35. The molecule has 224 valence electrons. The molecule has 15 heteroatoms. The lowest BCUT2D eigenvalue weighted by atomic mass is 9.48. The molecule has 0 spiro atoms. The molecule has 1 aliphatic heterocycles. The first-order valence-electron chi connectivity index (χ1n) is 14.7. The molecule has 5 aromatic rings. The maximum absolute atomic E-state index is 9.98. The number of ether oxygens (including phenoxy) is 1. The van der Waals surface area contributed by atoms with Crippen molar-refractivity contribution >= 4 is 48.2 Å². The van der Waals surface area contributed by atoms with E-state index in [1.165, 1.54) is 4.68 Å². The summed E-state index contributed by atoms with van der Waals surface area (Å²) < 4.78 is 15.2. The van der Waals surface area contributed by atoms with Crippen LogP contribution >= 0.6 is 0 Å². The summed E-state index contributed by atoms with van der Waals surface area (Å²) in [7, 11) is 24.3. The zero-order chi connectivity index (χ0) is 32.5. The summed E-state index contributed by atoms with van der Waals surface area (Å²) in [6, 6.07) is 15.6. The monoisotopic (exact) mass is 599 g/mol. The second-order valence-corrected chi connectivity index (χ2v) is 10.7. The van der Waals surface area contributed by atoms with Gasteiger partial charge in [-0.1, -0.05) is 42.8 Å². The summed E-state index contributed by atoms with van der Waals surface area (Å²) in [4.78, 5) is 7.81. The molecule has 11 nitrogen and oxygen atoms in total. The molecule has 4 aromatic heterocycles. The number of aromatic nitrogens is 5. The number of furan rings is 1. The van der Waals surface area contributed by atoms with E-state index in [4.69, 9.17) is 50.6 Å². The van der Waals surface area contributed by atoms with E-state index in [9.17, 15) is 10.2 Å². The van der Waals surface area contributed by atoms with Gasteiger partial charge in [0.15, 0.2) is 30.8 Å². The number of aliphatic hydroxyl groups is 2. The normalized spacial score (nSPS) is 14.2. The summed E-state index contributed by atoms with van der Waals surface area (Å²) in [6.07, 6.45) is 1.89. The van der Waals surface area contributed by atoms with Gasteiger partial charge >= 0.3 is 0 Å². The number of morpholine rings is 1. The summed E-state index contributed by atoms with van der Waals surface area (Å²) in [5, 5.41) is 27.2. The number of anilines is 1. The Hall–Kier alpha value is -3.77. The number of nitrogens with zero attached hydrogens (tertiary/aromatic N) is 7. The van der Waals surface area contributed by atoms with Gasteiger partial charge < -0.3 is 24.3 Å². The second-order valence-electron chi connectivity index (χ2n) is 10.7. The Bertz CT molecular complexity index is 1750. The Kier molecular flexibility index (Phi) is 9.36. The number of rotatable bonds is 8. The first-order chi connectivity index (χ1) is 21.4. The third-order valence-electron chi connectivity index (χ3n) is 7.35. The molecular formula is C30H33B4N7O4. The van der Waals surface area contributed by atoms with E-state index < -0.39 is 11.0 Å². The van der Waals surface area contributed by atoms with Crippen molar-refractivity contribution < 1.29 is 19.4 Å². The Labute approximate surface area is 267 Å². The molecule has 8 radical (unpaired) electrons. The van der Waals surface area contributed by atoms with Gasteiger partial charge in [-0.05, 0) is 25.1 Å². The first kappa shape index (κ1) is 32.6. The highest BCUT2D eigenvalue weighted by molar-refractivity contribution is 6.59. The smallest absolute Gasteiger partial charge is 0.178 e. The number of pyridine rings is 1. The van der Waals surface area contributed by atoms with Crippen molar-refractivity contribution in [1.29, 1.82) is 0 Å². The lowest BCUT2D eigenvalue weighted by molar-refractivity contribution is -0.204. The van der Waals surface area contributed by atoms with E-state index >= 15 is 0 Å². The molecule has 6 rings (SSSR count). The third-order valence-corrected chi connectivity index (χ3v) is 7.35. The van der Waals surface area contributed by atoms with Crippen molar-refractivity contribution in [3.05, 3.63) is 66.0 Å². The van der Waals surface area contributed by atoms with Crippen LogP contribution in [0.1, 0.15) is 25.1 Å². The quantitative estimate of drug-likeness (QED) is 0.204. The summed E-state index contributed by atoms with van der Waals surface area (Å²) >= 11 is 0. The molecule has 0 aliphatic carbocycles. The molecule has 5 heterocycles. The van der Waals surface area contributed by atoms with E-state index in [1.54, 1.807) is 17.8 Å². The fraction of sp³-hybridized carbons (Fsp3) is 0.367. The van der Waals surface area contributed by atoms with Gasteiger partial charge in [-0.15, -0.1) is 0 Å². The molecule has 0 unspecified atom stereocenters. The van der Waals surface area contributed by atoms with Crippen molar-refractivity contribution in [3.63, 3.8) is 0 Å². The molecule has 0 atom stereocenters. The number of aryl methyl sites for hydroxylation is 2. The Balaban J connectivity index is 0.00000196. The van der Waals surface area contributed by atoms with Crippen LogP contribution in [0.5, 0.6) is 0 Å². The van der Waals surface area contributed by atoms with Crippen LogP contribution in [-0.4, -0.2) is 108 Å². The third kappa shape index (κ3) is 7.06. The van der Waals surface area contributed by atoms with E-state index in [-0.39, 0.29) is 6.54 Å². The van der Waals surface area contributed by atoms with Crippen LogP contribution in [0, 0.1) is 6.92 Å². The van der Waals surface area contributed by atoms with Crippen molar-refractivity contribution in [1.82, 2.24) is 29.4 Å². The molecule has 1 aliphatic rings. The molecule has 1 fully saturated rings. The Morgan fingerprint density at radius 1 is 0.956 bits per heavy atom. The van der Waals surface area contributed by atoms with Crippen molar-refractivity contribution in [3.8, 4) is 28.5 Å². The van der Waals surface area contributed by atoms with Gasteiger partial charge in [-0.2, -0.15) is 10.2 Å². The maximum Gasteiger partial charge on any atom is 0.178 e. The first-order valence-corrected chi connectivity index (χ1v) is 14.7. The van der Waals surface area contributed by atoms with Crippen molar-refractivity contribution in [2.45, 2.75) is 38.4 Å². The van der Waals surface area contributed by atoms with E-state index in [1.807, 2.05) is 63.4 Å². The Morgan fingerprint density at radius 2 is 1.69 bits per heavy atom. The van der Waals surface area contributed by atoms with Crippen LogP contribution < -0.4 is 4.90 Å². The number of hydrogen-bond acceptors (Lipinski definition) is 9. The van der Waals surface area contributed by atoms with Crippen LogP contribution in [-0.2, 0) is 18.3 Å². The van der Waals surface area contributed by atoms with E-state index in [0.717, 1.165) is 27.4 Å². The molecule has 2 N–H and O–H groups in total. The molecule has 0 bridgehead atoms. The standard InChI is InChI=1S/C28H27B4N7O4.C2H6/c1-17-4-3-5-18(12-17)20-6-7-38(35-20)25-15-23(37-8-10-42-11-9-37)26-22(33-25)14-24(43-26)21-13-19(36(2)34-21)16-39(27(29,30)31)28(32,40)41;1-2/h3-7,12-15,40-41H,8-11,16H2,1-2H3;1-2H3. The van der Waals surface area contributed by atoms with E-state index in [2.05, 4.69) is 16.1 Å². The number of benzene rings is 1. The number of hydrogen-bond donors (Lipinski definition) is 2. The molecule has 45 heavy (non-hydrogen) atoms. The summed E-state index contributed by atoms with van der Waals surface area (Å²) in [6.45, 7) is 8.39. The minimum absolute atomic E-state index is 0.222. The van der Waals surface area contributed by atoms with Gasteiger partial charge in [0, 0.05) is 50.6 Å². The van der Waals surface area contributed by atoms with Crippen LogP contribution in [0.2, 0.25) is 0 Å². The lowest BCUT2D eigenvalue weighted by Gasteiger charge is -2.44. The van der Waals surface area contributed by atoms with E-state index in [0.29, 0.717) is 60.4 Å². The van der Waals surface area contributed by atoms with Crippen LogP contribution in [0.25, 0.3) is 39.6 Å². The summed E-state index contributed by atoms with van der Waals surface area (Å²) in [5.74, 6) is -1.79. The van der Waals surface area contributed by atoms with Gasteiger partial charge in [0.05, 0.1) is 53.8 Å². The fourth-order valence-electron chi connectivity index (χ4n) is 5.16. The fourth-order valence-corrected chi connectivity index (χ4v) is 5.16. The predicted octanol–water partition coefficient (Wildman–Crippen LogP) is 1.94. The topological polar surface area (TPSA) is 118 Å². The van der Waals surface area contributed by atoms with Crippen molar-refractivity contribution in [2.24, 2.45) is 7.05 Å². The molecule has 1 aromatic carbocycles. The highest BCUT2D eigenvalue weighted by Gasteiger charge is 2.34. The maximum atomic E-state index is 9.98. The van der Waals surface area contributed by atoms with Gasteiger partial charge in [-0.3, -0.25) is 9.58 Å². The van der Waals surface area contributed by atoms with Gasteiger partial charge in [0.1, 0.15) is 11.2 Å².